The molecule has 1 unspecified atom stereocenters. The van der Waals surface area contributed by atoms with E-state index in [0.29, 0.717) is 6.42 Å². The monoisotopic (exact) mass is 266 g/mol. The van der Waals surface area contributed by atoms with Gasteiger partial charge in [-0.25, -0.2) is 13.2 Å². The van der Waals surface area contributed by atoms with E-state index in [9.17, 15) is 18.0 Å². The Morgan fingerprint density at radius 3 is 2.29 bits per heavy atom. The van der Waals surface area contributed by atoms with Crippen molar-refractivity contribution in [2.75, 3.05) is 12.0 Å². The number of amides is 1. The standard InChI is InChI=1S/C9H18N2O5S/c1-3-6(10)8(12)11-7(9(13)14)4-5-17(2,15)16/h6-7H,3-5,10H2,1-2H3,(H,11,12)(H,13,14)/t6-,7?/m0/s1. The first kappa shape index (κ1) is 15.9. The van der Waals surface area contributed by atoms with Crippen molar-refractivity contribution in [2.45, 2.75) is 31.8 Å². The third-order valence-electron chi connectivity index (χ3n) is 2.17. The number of sulfone groups is 1. The van der Waals surface area contributed by atoms with Crippen molar-refractivity contribution in [3.63, 3.8) is 0 Å². The predicted molar refractivity (Wildman–Crippen MR) is 62.2 cm³/mol. The Kier molecular flexibility index (Phi) is 6.11. The van der Waals surface area contributed by atoms with E-state index in [1.54, 1.807) is 6.92 Å². The van der Waals surface area contributed by atoms with Crippen LogP contribution in [0.15, 0.2) is 0 Å². The van der Waals surface area contributed by atoms with Crippen LogP contribution < -0.4 is 11.1 Å². The van der Waals surface area contributed by atoms with Crippen LogP contribution in [0.1, 0.15) is 19.8 Å². The van der Waals surface area contributed by atoms with Gasteiger partial charge >= 0.3 is 5.97 Å². The number of hydrogen-bond acceptors (Lipinski definition) is 5. The van der Waals surface area contributed by atoms with Crippen LogP contribution in [0.2, 0.25) is 0 Å². The first-order valence-electron chi connectivity index (χ1n) is 5.14. The Bertz CT molecular complexity index is 379. The van der Waals surface area contributed by atoms with E-state index in [0.717, 1.165) is 6.26 Å². The van der Waals surface area contributed by atoms with Gasteiger partial charge in [-0.15, -0.1) is 0 Å². The zero-order valence-electron chi connectivity index (χ0n) is 9.84. The second kappa shape index (κ2) is 6.55. The van der Waals surface area contributed by atoms with Crippen molar-refractivity contribution in [1.29, 1.82) is 0 Å². The second-order valence-corrected chi connectivity index (χ2v) is 6.09. The first-order valence-corrected chi connectivity index (χ1v) is 7.20. The molecule has 0 radical (unpaired) electrons. The van der Waals surface area contributed by atoms with Gasteiger partial charge in [0, 0.05) is 6.26 Å². The third-order valence-corrected chi connectivity index (χ3v) is 3.15. The lowest BCUT2D eigenvalue weighted by Gasteiger charge is -2.16. The molecule has 0 bridgehead atoms. The van der Waals surface area contributed by atoms with Crippen LogP contribution in [-0.4, -0.2) is 49.5 Å². The highest BCUT2D eigenvalue weighted by molar-refractivity contribution is 7.90. The van der Waals surface area contributed by atoms with Gasteiger partial charge in [0.05, 0.1) is 11.8 Å². The van der Waals surface area contributed by atoms with Gasteiger partial charge in [-0.1, -0.05) is 6.92 Å². The summed E-state index contributed by atoms with van der Waals surface area (Å²) in [6, 6.07) is -2.01. The van der Waals surface area contributed by atoms with E-state index < -0.39 is 33.8 Å². The van der Waals surface area contributed by atoms with Crippen molar-refractivity contribution >= 4 is 21.7 Å². The first-order chi connectivity index (χ1) is 7.67. The van der Waals surface area contributed by atoms with Crippen molar-refractivity contribution in [1.82, 2.24) is 5.32 Å². The molecule has 0 aromatic rings. The molecule has 0 aliphatic carbocycles. The molecule has 0 aliphatic rings. The lowest BCUT2D eigenvalue weighted by molar-refractivity contribution is -0.142. The summed E-state index contributed by atoms with van der Waals surface area (Å²) in [7, 11) is -3.26. The summed E-state index contributed by atoms with van der Waals surface area (Å²) < 4.78 is 21.8. The molecule has 8 heteroatoms. The fraction of sp³-hybridized carbons (Fsp3) is 0.778. The van der Waals surface area contributed by atoms with Crippen LogP contribution in [0.5, 0.6) is 0 Å². The van der Waals surface area contributed by atoms with Crippen molar-refractivity contribution in [2.24, 2.45) is 5.73 Å². The lowest BCUT2D eigenvalue weighted by Crippen LogP contribution is -2.48. The van der Waals surface area contributed by atoms with Gasteiger partial charge in [0.15, 0.2) is 0 Å². The van der Waals surface area contributed by atoms with Crippen LogP contribution in [0, 0.1) is 0 Å². The summed E-state index contributed by atoms with van der Waals surface area (Å²) in [6.07, 6.45) is 1.21. The molecule has 0 fully saturated rings. The minimum absolute atomic E-state index is 0.170. The molecule has 0 rings (SSSR count). The van der Waals surface area contributed by atoms with Crippen LogP contribution in [0.3, 0.4) is 0 Å². The Hall–Kier alpha value is -1.15. The normalized spacial score (nSPS) is 15.0. The van der Waals surface area contributed by atoms with Gasteiger partial charge in [0.2, 0.25) is 5.91 Å². The zero-order chi connectivity index (χ0) is 13.6. The number of nitrogens with one attached hydrogen (secondary N) is 1. The van der Waals surface area contributed by atoms with Gasteiger partial charge in [0.1, 0.15) is 15.9 Å². The lowest BCUT2D eigenvalue weighted by atomic mass is 10.2. The highest BCUT2D eigenvalue weighted by atomic mass is 32.2. The number of aliphatic carboxylic acids is 1. The molecule has 7 nitrogen and oxygen atoms in total. The number of carbonyl (C=O) groups excluding carboxylic acids is 1. The summed E-state index contributed by atoms with van der Waals surface area (Å²) in [6.45, 7) is 1.69. The number of nitrogens with two attached hydrogens (primary N) is 1. The van der Waals surface area contributed by atoms with Gasteiger partial charge in [-0.2, -0.15) is 0 Å². The maximum Gasteiger partial charge on any atom is 0.326 e. The zero-order valence-corrected chi connectivity index (χ0v) is 10.7. The molecule has 0 saturated carbocycles. The van der Waals surface area contributed by atoms with Crippen molar-refractivity contribution < 1.29 is 23.1 Å². The van der Waals surface area contributed by atoms with Crippen LogP contribution >= 0.6 is 0 Å². The minimum Gasteiger partial charge on any atom is -0.480 e. The molecule has 0 aromatic heterocycles. The number of rotatable bonds is 7. The van der Waals surface area contributed by atoms with E-state index in [1.807, 2.05) is 0 Å². The molecule has 0 saturated heterocycles. The third kappa shape index (κ3) is 6.90. The van der Waals surface area contributed by atoms with Crippen LogP contribution in [0.25, 0.3) is 0 Å². The van der Waals surface area contributed by atoms with Crippen LogP contribution in [-0.2, 0) is 19.4 Å². The topological polar surface area (TPSA) is 127 Å². The minimum atomic E-state index is -3.26. The molecular formula is C9H18N2O5S. The Morgan fingerprint density at radius 2 is 1.94 bits per heavy atom. The molecule has 0 heterocycles. The highest BCUT2D eigenvalue weighted by Gasteiger charge is 2.23. The molecule has 0 spiro atoms. The maximum atomic E-state index is 11.4. The molecule has 0 aromatic carbocycles. The number of hydrogen-bond donors (Lipinski definition) is 3. The highest BCUT2D eigenvalue weighted by Crippen LogP contribution is 1.98. The van der Waals surface area contributed by atoms with Crippen LogP contribution in [0.4, 0.5) is 0 Å². The van der Waals surface area contributed by atoms with Crippen molar-refractivity contribution in [3.8, 4) is 0 Å². The summed E-state index contributed by atoms with van der Waals surface area (Å²) in [5.74, 6) is -2.16. The number of carboxylic acid groups (broad SMARTS) is 1. The summed E-state index contributed by atoms with van der Waals surface area (Å²) in [4.78, 5) is 22.2. The number of carboxylic acids is 1. The van der Waals surface area contributed by atoms with E-state index in [4.69, 9.17) is 10.8 Å². The molecule has 0 aliphatic heterocycles. The summed E-state index contributed by atoms with van der Waals surface area (Å²) in [5.41, 5.74) is 5.42. The quantitative estimate of drug-likeness (QED) is 0.527. The van der Waals surface area contributed by atoms with E-state index in [2.05, 4.69) is 5.32 Å². The fourth-order valence-corrected chi connectivity index (χ4v) is 1.72. The predicted octanol–water partition coefficient (Wildman–Crippen LogP) is -1.27. The average Bonchev–Trinajstić information content (AvgIpc) is 2.20. The van der Waals surface area contributed by atoms with Gasteiger partial charge in [-0.3, -0.25) is 4.79 Å². The Balaban J connectivity index is 4.46. The largest absolute Gasteiger partial charge is 0.480 e. The molecule has 2 atom stereocenters. The fourth-order valence-electron chi connectivity index (χ4n) is 1.05. The molecule has 100 valence electrons. The van der Waals surface area contributed by atoms with E-state index in [-0.39, 0.29) is 12.2 Å². The number of carbonyl (C=O) groups is 2. The van der Waals surface area contributed by atoms with Gasteiger partial charge in [0.25, 0.3) is 0 Å². The van der Waals surface area contributed by atoms with Gasteiger partial charge in [-0.05, 0) is 12.8 Å². The van der Waals surface area contributed by atoms with E-state index in [1.165, 1.54) is 0 Å². The molecule has 1 amide bonds. The second-order valence-electron chi connectivity index (χ2n) is 3.83. The average molecular weight is 266 g/mol. The van der Waals surface area contributed by atoms with E-state index >= 15 is 0 Å². The van der Waals surface area contributed by atoms with Gasteiger partial charge < -0.3 is 16.2 Å². The molecule has 17 heavy (non-hydrogen) atoms. The summed E-state index contributed by atoms with van der Waals surface area (Å²) in [5, 5.41) is 11.0. The van der Waals surface area contributed by atoms with Crippen molar-refractivity contribution in [3.05, 3.63) is 0 Å². The Morgan fingerprint density at radius 1 is 1.41 bits per heavy atom. The SMILES string of the molecule is CC[C@H](N)C(=O)NC(CCS(C)(=O)=O)C(=O)O. The molecule has 4 N–H and O–H groups in total. The Labute approximate surface area is 100 Å². The molecular weight excluding hydrogens is 248 g/mol. The summed E-state index contributed by atoms with van der Waals surface area (Å²) >= 11 is 0. The smallest absolute Gasteiger partial charge is 0.326 e. The maximum absolute atomic E-state index is 11.4.